The Kier molecular flexibility index (Phi) is 12.0. The second-order valence-electron chi connectivity index (χ2n) is 8.32. The second kappa shape index (κ2) is 14.4. The van der Waals surface area contributed by atoms with E-state index in [1.165, 1.54) is 0 Å². The van der Waals surface area contributed by atoms with Crippen molar-refractivity contribution in [1.29, 1.82) is 0 Å². The fourth-order valence-electron chi connectivity index (χ4n) is 3.21. The topological polar surface area (TPSA) is 225 Å². The number of carboxylic acid groups (broad SMARTS) is 3. The molecule has 0 aliphatic rings. The lowest BCUT2D eigenvalue weighted by Gasteiger charge is -2.28. The maximum atomic E-state index is 13.2. The van der Waals surface area contributed by atoms with Gasteiger partial charge in [0.2, 0.25) is 17.7 Å². The van der Waals surface area contributed by atoms with Crippen LogP contribution in [0.25, 0.3) is 0 Å². The molecule has 1 aromatic carbocycles. The molecule has 0 aliphatic heterocycles. The molecule has 198 valence electrons. The zero-order valence-corrected chi connectivity index (χ0v) is 20.0. The summed E-state index contributed by atoms with van der Waals surface area (Å²) in [6, 6.07) is 2.95. The first kappa shape index (κ1) is 30.0. The molecule has 1 aromatic rings. The van der Waals surface area contributed by atoms with Crippen molar-refractivity contribution in [2.75, 3.05) is 0 Å². The summed E-state index contributed by atoms with van der Waals surface area (Å²) >= 11 is 0. The molecule has 5 unspecified atom stereocenters. The van der Waals surface area contributed by atoms with E-state index < -0.39 is 78.6 Å². The number of hydrogen-bond donors (Lipinski definition) is 7. The lowest BCUT2D eigenvalue weighted by molar-refractivity contribution is -0.147. The van der Waals surface area contributed by atoms with E-state index in [-0.39, 0.29) is 6.42 Å². The van der Waals surface area contributed by atoms with E-state index in [4.69, 9.17) is 15.9 Å². The Labute approximate surface area is 207 Å². The highest BCUT2D eigenvalue weighted by Crippen LogP contribution is 2.11. The van der Waals surface area contributed by atoms with Crippen LogP contribution in [0, 0.1) is 5.92 Å². The Hall–Kier alpha value is -4.00. The quantitative estimate of drug-likeness (QED) is 0.154. The average Bonchev–Trinajstić information content (AvgIpc) is 2.80. The second-order valence-corrected chi connectivity index (χ2v) is 8.32. The summed E-state index contributed by atoms with van der Waals surface area (Å²) in [5, 5.41) is 34.1. The van der Waals surface area contributed by atoms with Crippen LogP contribution in [-0.2, 0) is 35.2 Å². The Balaban J connectivity index is 3.14. The monoisotopic (exact) mass is 508 g/mol. The molecule has 0 aromatic heterocycles. The predicted molar refractivity (Wildman–Crippen MR) is 126 cm³/mol. The highest BCUT2D eigenvalue weighted by molar-refractivity contribution is 5.95. The Morgan fingerprint density at radius 3 is 1.86 bits per heavy atom. The van der Waals surface area contributed by atoms with E-state index in [1.54, 1.807) is 44.2 Å². The first-order chi connectivity index (χ1) is 16.8. The van der Waals surface area contributed by atoms with Crippen LogP contribution in [0.3, 0.4) is 0 Å². The van der Waals surface area contributed by atoms with Gasteiger partial charge in [0.25, 0.3) is 0 Å². The van der Waals surface area contributed by atoms with Crippen molar-refractivity contribution in [3.63, 3.8) is 0 Å². The van der Waals surface area contributed by atoms with E-state index in [9.17, 15) is 33.9 Å². The minimum atomic E-state index is -1.72. The van der Waals surface area contributed by atoms with E-state index in [2.05, 4.69) is 16.0 Å². The molecule has 0 aliphatic carbocycles. The van der Waals surface area contributed by atoms with Crippen LogP contribution in [0.4, 0.5) is 0 Å². The maximum absolute atomic E-state index is 13.2. The molecule has 0 radical (unpaired) electrons. The number of aliphatic carboxylic acids is 3. The average molecular weight is 509 g/mol. The molecule has 13 heteroatoms. The lowest BCUT2D eigenvalue weighted by atomic mass is 9.96. The van der Waals surface area contributed by atoms with Gasteiger partial charge in [0.05, 0.1) is 18.9 Å². The van der Waals surface area contributed by atoms with Crippen LogP contribution in [0.1, 0.15) is 38.7 Å². The fourth-order valence-corrected chi connectivity index (χ4v) is 3.21. The van der Waals surface area contributed by atoms with Crippen molar-refractivity contribution in [2.24, 2.45) is 11.7 Å². The minimum absolute atomic E-state index is 0.0101. The van der Waals surface area contributed by atoms with Gasteiger partial charge in [-0.3, -0.25) is 24.0 Å². The third kappa shape index (κ3) is 10.1. The van der Waals surface area contributed by atoms with Crippen LogP contribution < -0.4 is 21.7 Å². The summed E-state index contributed by atoms with van der Waals surface area (Å²) in [6.07, 6.45) is -1.14. The van der Waals surface area contributed by atoms with E-state index in [1.807, 2.05) is 0 Å². The van der Waals surface area contributed by atoms with E-state index >= 15 is 0 Å². The van der Waals surface area contributed by atoms with Gasteiger partial charge in [-0.15, -0.1) is 0 Å². The highest BCUT2D eigenvalue weighted by atomic mass is 16.4. The molecule has 13 nitrogen and oxygen atoms in total. The number of amides is 3. The summed E-state index contributed by atoms with van der Waals surface area (Å²) in [5.74, 6) is -7.36. The molecule has 0 fully saturated rings. The molecule has 5 atom stereocenters. The largest absolute Gasteiger partial charge is 0.481 e. The Morgan fingerprint density at radius 1 is 0.806 bits per heavy atom. The maximum Gasteiger partial charge on any atom is 0.326 e. The number of benzene rings is 1. The molecule has 8 N–H and O–H groups in total. The van der Waals surface area contributed by atoms with Crippen molar-refractivity contribution in [1.82, 2.24) is 16.0 Å². The van der Waals surface area contributed by atoms with Crippen LogP contribution in [0.5, 0.6) is 0 Å². The normalized spacial score (nSPS) is 14.9. The summed E-state index contributed by atoms with van der Waals surface area (Å²) in [7, 11) is 0. The standard InChI is InChI=1S/C23H32N4O9/c1-3-12(2)19(22(34)26-16(23(35)36)11-18(30)31)27-21(33)15(9-13-7-5-4-6-8-13)25-20(32)14(24)10-17(28)29/h4-8,12,14-16,19H,3,9-11,24H2,1-2H3,(H,25,32)(H,26,34)(H,27,33)(H,28,29)(H,30,31)(H,35,36). The van der Waals surface area contributed by atoms with Gasteiger partial charge in [0.15, 0.2) is 0 Å². The summed E-state index contributed by atoms with van der Waals surface area (Å²) in [6.45, 7) is 3.36. The molecule has 0 heterocycles. The number of carboxylic acids is 3. The third-order valence-electron chi connectivity index (χ3n) is 5.43. The Morgan fingerprint density at radius 2 is 1.36 bits per heavy atom. The first-order valence-electron chi connectivity index (χ1n) is 11.2. The van der Waals surface area contributed by atoms with E-state index in [0.29, 0.717) is 12.0 Å². The van der Waals surface area contributed by atoms with Crippen molar-refractivity contribution in [3.8, 4) is 0 Å². The van der Waals surface area contributed by atoms with Gasteiger partial charge in [-0.05, 0) is 11.5 Å². The highest BCUT2D eigenvalue weighted by Gasteiger charge is 2.33. The van der Waals surface area contributed by atoms with Gasteiger partial charge in [0.1, 0.15) is 18.1 Å². The van der Waals surface area contributed by atoms with Crippen molar-refractivity contribution in [3.05, 3.63) is 35.9 Å². The summed E-state index contributed by atoms with van der Waals surface area (Å²) in [5.41, 5.74) is 6.26. The molecular weight excluding hydrogens is 476 g/mol. The van der Waals surface area contributed by atoms with Crippen molar-refractivity contribution < 1.29 is 44.1 Å². The van der Waals surface area contributed by atoms with Crippen LogP contribution >= 0.6 is 0 Å². The Bertz CT molecular complexity index is 954. The van der Waals surface area contributed by atoms with Gasteiger partial charge in [-0.25, -0.2) is 4.79 Å². The van der Waals surface area contributed by atoms with Gasteiger partial charge < -0.3 is 37.0 Å². The molecule has 0 saturated heterocycles. The molecule has 0 spiro atoms. The number of rotatable bonds is 15. The van der Waals surface area contributed by atoms with E-state index in [0.717, 1.165) is 0 Å². The molecule has 0 saturated carbocycles. The van der Waals surface area contributed by atoms with Crippen LogP contribution in [0.2, 0.25) is 0 Å². The third-order valence-corrected chi connectivity index (χ3v) is 5.43. The van der Waals surface area contributed by atoms with Gasteiger partial charge in [-0.2, -0.15) is 0 Å². The number of carbonyl (C=O) groups is 6. The molecular formula is C23H32N4O9. The SMILES string of the molecule is CCC(C)C(NC(=O)C(Cc1ccccc1)NC(=O)C(N)CC(=O)O)C(=O)NC(CC(=O)O)C(=O)O. The molecule has 36 heavy (non-hydrogen) atoms. The number of hydrogen-bond acceptors (Lipinski definition) is 7. The first-order valence-corrected chi connectivity index (χ1v) is 11.2. The molecule has 0 bridgehead atoms. The van der Waals surface area contributed by atoms with Gasteiger partial charge in [-0.1, -0.05) is 50.6 Å². The van der Waals surface area contributed by atoms with Crippen LogP contribution in [-0.4, -0.2) is 75.1 Å². The summed E-state index contributed by atoms with van der Waals surface area (Å²) in [4.78, 5) is 71.7. The number of nitrogens with one attached hydrogen (secondary N) is 3. The van der Waals surface area contributed by atoms with Gasteiger partial charge >= 0.3 is 17.9 Å². The number of nitrogens with two attached hydrogens (primary N) is 1. The van der Waals surface area contributed by atoms with Gasteiger partial charge in [0, 0.05) is 6.42 Å². The fraction of sp³-hybridized carbons (Fsp3) is 0.478. The number of carbonyl (C=O) groups excluding carboxylic acids is 3. The zero-order chi connectivity index (χ0) is 27.4. The van der Waals surface area contributed by atoms with Crippen molar-refractivity contribution >= 4 is 35.6 Å². The smallest absolute Gasteiger partial charge is 0.326 e. The predicted octanol–water partition coefficient (Wildman–Crippen LogP) is -0.909. The molecule has 1 rings (SSSR count). The van der Waals surface area contributed by atoms with Crippen LogP contribution in [0.15, 0.2) is 30.3 Å². The van der Waals surface area contributed by atoms with Crippen molar-refractivity contribution in [2.45, 2.75) is 63.7 Å². The zero-order valence-electron chi connectivity index (χ0n) is 20.0. The lowest BCUT2D eigenvalue weighted by Crippen LogP contribution is -2.59. The summed E-state index contributed by atoms with van der Waals surface area (Å²) < 4.78 is 0. The molecule has 3 amide bonds. The minimum Gasteiger partial charge on any atom is -0.481 e.